The zero-order valence-electron chi connectivity index (χ0n) is 16.6. The van der Waals surface area contributed by atoms with E-state index >= 15 is 0 Å². The Kier molecular flexibility index (Phi) is 5.94. The molecule has 1 aromatic carbocycles. The normalized spacial score (nSPS) is 19.7. The number of nitrogens with one attached hydrogen (secondary N) is 1. The van der Waals surface area contributed by atoms with Crippen molar-refractivity contribution < 1.29 is 5.11 Å². The van der Waals surface area contributed by atoms with Gasteiger partial charge in [-0.15, -0.1) is 0 Å². The van der Waals surface area contributed by atoms with E-state index in [0.717, 1.165) is 56.3 Å². The number of aliphatic hydroxyl groups excluding tert-OH is 1. The van der Waals surface area contributed by atoms with E-state index in [2.05, 4.69) is 41.4 Å². The van der Waals surface area contributed by atoms with Crippen LogP contribution in [0.1, 0.15) is 56.1 Å². The number of piperidine rings is 1. The lowest BCUT2D eigenvalue weighted by molar-refractivity contribution is 0.145. The molecule has 2 fully saturated rings. The SMILES string of the molecule is Cc1ccc2cc(CNCC3CCCCC3)c(N3CCC(O)CC3)nc2c1. The lowest BCUT2D eigenvalue weighted by Crippen LogP contribution is -2.37. The third-order valence-corrected chi connectivity index (χ3v) is 6.27. The number of pyridine rings is 1. The Morgan fingerprint density at radius 1 is 1.07 bits per heavy atom. The van der Waals surface area contributed by atoms with Crippen molar-refractivity contribution in [2.24, 2.45) is 5.92 Å². The van der Waals surface area contributed by atoms with Gasteiger partial charge in [-0.25, -0.2) is 4.98 Å². The van der Waals surface area contributed by atoms with Crippen molar-refractivity contribution in [1.82, 2.24) is 10.3 Å². The molecule has 0 amide bonds. The van der Waals surface area contributed by atoms with E-state index in [0.29, 0.717) is 0 Å². The van der Waals surface area contributed by atoms with Crippen LogP contribution in [0.3, 0.4) is 0 Å². The Labute approximate surface area is 163 Å². The molecule has 146 valence electrons. The van der Waals surface area contributed by atoms with Gasteiger partial charge in [0.2, 0.25) is 0 Å². The molecule has 0 radical (unpaired) electrons. The molecular weight excluding hydrogens is 334 g/mol. The van der Waals surface area contributed by atoms with Crippen LogP contribution in [0.5, 0.6) is 0 Å². The first-order valence-electron chi connectivity index (χ1n) is 10.7. The highest BCUT2D eigenvalue weighted by Crippen LogP contribution is 2.28. The molecule has 0 unspecified atom stereocenters. The van der Waals surface area contributed by atoms with E-state index in [9.17, 15) is 5.11 Å². The molecule has 1 saturated heterocycles. The third-order valence-electron chi connectivity index (χ3n) is 6.27. The van der Waals surface area contributed by atoms with E-state index < -0.39 is 0 Å². The average Bonchev–Trinajstić information content (AvgIpc) is 2.69. The maximum atomic E-state index is 9.88. The van der Waals surface area contributed by atoms with Crippen molar-refractivity contribution in [2.45, 2.75) is 64.5 Å². The molecule has 1 aliphatic carbocycles. The van der Waals surface area contributed by atoms with Crippen molar-refractivity contribution >= 4 is 16.7 Å². The standard InChI is InChI=1S/C23H33N3O/c1-17-7-8-19-14-20(16-24-15-18-5-3-2-4-6-18)23(25-22(19)13-17)26-11-9-21(27)10-12-26/h7-8,13-14,18,21,24,27H,2-6,9-12,15-16H2,1H3. The number of aliphatic hydroxyl groups is 1. The molecule has 1 saturated carbocycles. The first kappa shape index (κ1) is 18.7. The zero-order chi connectivity index (χ0) is 18.6. The van der Waals surface area contributed by atoms with Crippen molar-refractivity contribution in [3.63, 3.8) is 0 Å². The molecule has 2 aliphatic rings. The van der Waals surface area contributed by atoms with Crippen LogP contribution in [0.25, 0.3) is 10.9 Å². The topological polar surface area (TPSA) is 48.4 Å². The van der Waals surface area contributed by atoms with Gasteiger partial charge in [-0.05, 0) is 62.8 Å². The average molecular weight is 368 g/mol. The van der Waals surface area contributed by atoms with Gasteiger partial charge >= 0.3 is 0 Å². The van der Waals surface area contributed by atoms with E-state index in [1.165, 1.54) is 48.6 Å². The molecule has 27 heavy (non-hydrogen) atoms. The van der Waals surface area contributed by atoms with Crippen LogP contribution < -0.4 is 10.2 Å². The van der Waals surface area contributed by atoms with Gasteiger partial charge in [-0.2, -0.15) is 0 Å². The van der Waals surface area contributed by atoms with Crippen molar-refractivity contribution in [1.29, 1.82) is 0 Å². The summed E-state index contributed by atoms with van der Waals surface area (Å²) < 4.78 is 0. The minimum atomic E-state index is -0.156. The van der Waals surface area contributed by atoms with E-state index in [1.54, 1.807) is 0 Å². The second-order valence-electron chi connectivity index (χ2n) is 8.52. The predicted molar refractivity (Wildman–Crippen MR) is 112 cm³/mol. The summed E-state index contributed by atoms with van der Waals surface area (Å²) in [4.78, 5) is 7.42. The number of fused-ring (bicyclic) bond motifs is 1. The largest absolute Gasteiger partial charge is 0.393 e. The van der Waals surface area contributed by atoms with Gasteiger partial charge in [0.15, 0.2) is 0 Å². The minimum Gasteiger partial charge on any atom is -0.393 e. The number of nitrogens with zero attached hydrogens (tertiary/aromatic N) is 2. The van der Waals surface area contributed by atoms with Crippen LogP contribution in [-0.2, 0) is 6.54 Å². The number of hydrogen-bond donors (Lipinski definition) is 2. The zero-order valence-corrected chi connectivity index (χ0v) is 16.6. The van der Waals surface area contributed by atoms with Crippen LogP contribution in [0.2, 0.25) is 0 Å². The number of hydrogen-bond acceptors (Lipinski definition) is 4. The second-order valence-corrected chi connectivity index (χ2v) is 8.52. The molecule has 4 rings (SSSR count). The maximum Gasteiger partial charge on any atom is 0.133 e. The van der Waals surface area contributed by atoms with Crippen LogP contribution in [0, 0.1) is 12.8 Å². The molecule has 4 heteroatoms. The second kappa shape index (κ2) is 8.57. The summed E-state index contributed by atoms with van der Waals surface area (Å²) in [5.41, 5.74) is 3.61. The third kappa shape index (κ3) is 4.61. The van der Waals surface area contributed by atoms with Gasteiger partial charge < -0.3 is 15.3 Å². The van der Waals surface area contributed by atoms with Crippen LogP contribution in [0.4, 0.5) is 5.82 Å². The van der Waals surface area contributed by atoms with Gasteiger partial charge in [-0.3, -0.25) is 0 Å². The van der Waals surface area contributed by atoms with Crippen LogP contribution in [-0.4, -0.2) is 35.8 Å². The smallest absolute Gasteiger partial charge is 0.133 e. The summed E-state index contributed by atoms with van der Waals surface area (Å²) in [7, 11) is 0. The van der Waals surface area contributed by atoms with Gasteiger partial charge in [0.1, 0.15) is 5.82 Å². The molecule has 0 bridgehead atoms. The van der Waals surface area contributed by atoms with Crippen molar-refractivity contribution in [2.75, 3.05) is 24.5 Å². The Hall–Kier alpha value is -1.65. The highest BCUT2D eigenvalue weighted by Gasteiger charge is 2.21. The van der Waals surface area contributed by atoms with Crippen LogP contribution in [0.15, 0.2) is 24.3 Å². The molecule has 1 aliphatic heterocycles. The highest BCUT2D eigenvalue weighted by molar-refractivity contribution is 5.82. The Morgan fingerprint density at radius 3 is 2.63 bits per heavy atom. The van der Waals surface area contributed by atoms with E-state index in [4.69, 9.17) is 4.98 Å². The van der Waals surface area contributed by atoms with E-state index in [-0.39, 0.29) is 6.10 Å². The summed E-state index contributed by atoms with van der Waals surface area (Å²) in [6.45, 7) is 5.89. The molecule has 4 nitrogen and oxygen atoms in total. The van der Waals surface area contributed by atoms with Crippen molar-refractivity contribution in [3.05, 3.63) is 35.4 Å². The summed E-state index contributed by atoms with van der Waals surface area (Å²) in [6, 6.07) is 8.85. The lowest BCUT2D eigenvalue weighted by Gasteiger charge is -2.32. The molecule has 2 heterocycles. The quantitative estimate of drug-likeness (QED) is 0.832. The first-order chi connectivity index (χ1) is 13.2. The fourth-order valence-corrected chi connectivity index (χ4v) is 4.59. The number of aromatic nitrogens is 1. The summed E-state index contributed by atoms with van der Waals surface area (Å²) >= 11 is 0. The fourth-order valence-electron chi connectivity index (χ4n) is 4.59. The Morgan fingerprint density at radius 2 is 1.85 bits per heavy atom. The monoisotopic (exact) mass is 367 g/mol. The molecule has 1 aromatic heterocycles. The number of benzene rings is 1. The molecule has 2 aromatic rings. The fraction of sp³-hybridized carbons (Fsp3) is 0.609. The number of aryl methyl sites for hydroxylation is 1. The predicted octanol–water partition coefficient (Wildman–Crippen LogP) is 4.17. The Bertz CT molecular complexity index is 762. The highest BCUT2D eigenvalue weighted by atomic mass is 16.3. The number of rotatable bonds is 5. The molecule has 0 spiro atoms. The molecule has 0 atom stereocenters. The summed E-state index contributed by atoms with van der Waals surface area (Å²) in [6.07, 6.45) is 8.46. The Balaban J connectivity index is 1.54. The van der Waals surface area contributed by atoms with Gasteiger partial charge in [0.05, 0.1) is 11.6 Å². The first-order valence-corrected chi connectivity index (χ1v) is 10.7. The summed E-state index contributed by atoms with van der Waals surface area (Å²) in [5.74, 6) is 1.94. The molecular formula is C23H33N3O. The van der Waals surface area contributed by atoms with E-state index in [1.807, 2.05) is 0 Å². The van der Waals surface area contributed by atoms with Gasteiger partial charge in [-0.1, -0.05) is 31.4 Å². The summed E-state index contributed by atoms with van der Waals surface area (Å²) in [5, 5.41) is 14.8. The minimum absolute atomic E-state index is 0.156. The number of anilines is 1. The van der Waals surface area contributed by atoms with Gasteiger partial charge in [0, 0.05) is 30.6 Å². The van der Waals surface area contributed by atoms with Crippen molar-refractivity contribution in [3.8, 4) is 0 Å². The van der Waals surface area contributed by atoms with Crippen LogP contribution >= 0.6 is 0 Å². The van der Waals surface area contributed by atoms with Gasteiger partial charge in [0.25, 0.3) is 0 Å². The molecule has 2 N–H and O–H groups in total. The maximum absolute atomic E-state index is 9.88. The lowest BCUT2D eigenvalue weighted by atomic mass is 9.89.